The molecule has 11 heteroatoms. The van der Waals surface area contributed by atoms with Crippen molar-refractivity contribution in [3.63, 3.8) is 0 Å². The van der Waals surface area contributed by atoms with Crippen LogP contribution in [0.1, 0.15) is 47.7 Å². The monoisotopic (exact) mass is 615 g/mol. The summed E-state index contributed by atoms with van der Waals surface area (Å²) < 4.78 is 26.8. The molecule has 0 radical (unpaired) electrons. The van der Waals surface area contributed by atoms with Crippen LogP contribution in [0.5, 0.6) is 0 Å². The summed E-state index contributed by atoms with van der Waals surface area (Å²) >= 11 is 12.5. The van der Waals surface area contributed by atoms with Crippen LogP contribution in [0.3, 0.4) is 0 Å². The number of hydrogen-bond donors (Lipinski definition) is 1. The molecule has 0 aliphatic carbocycles. The van der Waals surface area contributed by atoms with Crippen molar-refractivity contribution in [2.24, 2.45) is 0 Å². The number of nitrogens with zero attached hydrogens (tertiary/aromatic N) is 2. The fourth-order valence-electron chi connectivity index (χ4n) is 4.69. The van der Waals surface area contributed by atoms with Crippen molar-refractivity contribution in [2.75, 3.05) is 13.1 Å². The van der Waals surface area contributed by atoms with Gasteiger partial charge in [0.15, 0.2) is 0 Å². The summed E-state index contributed by atoms with van der Waals surface area (Å²) in [5.74, 6) is -1.52. The van der Waals surface area contributed by atoms with Crippen LogP contribution in [0.2, 0.25) is 10.0 Å². The zero-order chi connectivity index (χ0) is 29.6. The average Bonchev–Trinajstić information content (AvgIpc) is 3.15. The predicted octanol–water partition coefficient (Wildman–Crippen LogP) is 5.08. The van der Waals surface area contributed by atoms with E-state index in [9.17, 15) is 22.8 Å². The maximum atomic E-state index is 13.9. The summed E-state index contributed by atoms with van der Waals surface area (Å²) in [5.41, 5.74) is 1.49. The number of rotatable bonds is 12. The van der Waals surface area contributed by atoms with Crippen molar-refractivity contribution in [1.82, 2.24) is 14.5 Å². The first-order chi connectivity index (χ1) is 19.6. The van der Waals surface area contributed by atoms with Gasteiger partial charge >= 0.3 is 0 Å². The molecule has 0 spiro atoms. The normalized spacial score (nSPS) is 14.4. The van der Waals surface area contributed by atoms with E-state index in [2.05, 4.69) is 5.32 Å². The number of benzene rings is 3. The molecule has 4 rings (SSSR count). The van der Waals surface area contributed by atoms with E-state index in [-0.39, 0.29) is 42.3 Å². The summed E-state index contributed by atoms with van der Waals surface area (Å²) in [6.45, 7) is 2.07. The number of nitrogens with one attached hydrogen (secondary N) is 1. The van der Waals surface area contributed by atoms with Crippen LogP contribution >= 0.6 is 23.2 Å². The van der Waals surface area contributed by atoms with E-state index < -0.39 is 27.9 Å². The molecule has 8 nitrogen and oxygen atoms in total. The Morgan fingerprint density at radius 2 is 1.71 bits per heavy atom. The SMILES string of the molecule is CCCCNC(=O)[C@H](Cc1ccccc1)N(Cc1ccc(Cl)cc1Cl)C(=O)CCN1C(=O)c2ccccc2S1(=O)=O. The van der Waals surface area contributed by atoms with E-state index in [1.165, 1.54) is 17.0 Å². The Kier molecular flexibility index (Phi) is 10.1. The van der Waals surface area contributed by atoms with Crippen molar-refractivity contribution in [1.29, 1.82) is 0 Å². The molecule has 41 heavy (non-hydrogen) atoms. The fraction of sp³-hybridized carbons (Fsp3) is 0.300. The number of sulfonamides is 1. The largest absolute Gasteiger partial charge is 0.354 e. The van der Waals surface area contributed by atoms with Gasteiger partial charge in [-0.25, -0.2) is 12.7 Å². The highest BCUT2D eigenvalue weighted by Gasteiger charge is 2.41. The van der Waals surface area contributed by atoms with Crippen molar-refractivity contribution in [3.05, 3.63) is 99.5 Å². The maximum absolute atomic E-state index is 13.9. The van der Waals surface area contributed by atoms with Crippen LogP contribution in [0.15, 0.2) is 77.7 Å². The van der Waals surface area contributed by atoms with E-state index in [1.807, 2.05) is 37.3 Å². The fourth-order valence-corrected chi connectivity index (χ4v) is 6.72. The highest BCUT2D eigenvalue weighted by Crippen LogP contribution is 2.30. The van der Waals surface area contributed by atoms with Gasteiger partial charge < -0.3 is 10.2 Å². The molecule has 1 aliphatic heterocycles. The van der Waals surface area contributed by atoms with E-state index >= 15 is 0 Å². The van der Waals surface area contributed by atoms with Gasteiger partial charge in [0.2, 0.25) is 11.8 Å². The predicted molar refractivity (Wildman–Crippen MR) is 158 cm³/mol. The number of amides is 3. The quantitative estimate of drug-likeness (QED) is 0.286. The minimum Gasteiger partial charge on any atom is -0.354 e. The smallest absolute Gasteiger partial charge is 0.269 e. The summed E-state index contributed by atoms with van der Waals surface area (Å²) in [5, 5.41) is 3.68. The third kappa shape index (κ3) is 7.09. The van der Waals surface area contributed by atoms with Gasteiger partial charge in [-0.15, -0.1) is 0 Å². The van der Waals surface area contributed by atoms with Crippen molar-refractivity contribution < 1.29 is 22.8 Å². The molecule has 1 heterocycles. The number of fused-ring (bicyclic) bond motifs is 1. The lowest BCUT2D eigenvalue weighted by Gasteiger charge is -2.32. The molecule has 0 saturated heterocycles. The molecule has 0 bridgehead atoms. The second-order valence-corrected chi connectivity index (χ2v) is 12.4. The summed E-state index contributed by atoms with van der Waals surface area (Å²) in [6, 6.07) is 19.2. The minimum atomic E-state index is -4.09. The molecule has 0 fully saturated rings. The number of carbonyl (C=O) groups is 3. The Labute approximate surface area is 250 Å². The summed E-state index contributed by atoms with van der Waals surface area (Å²) in [6.07, 6.45) is 1.56. The van der Waals surface area contributed by atoms with Crippen LogP contribution in [0.25, 0.3) is 0 Å². The second kappa shape index (κ2) is 13.5. The Balaban J connectivity index is 1.64. The Hall–Kier alpha value is -3.40. The van der Waals surface area contributed by atoms with Crippen molar-refractivity contribution in [3.8, 4) is 0 Å². The highest BCUT2D eigenvalue weighted by molar-refractivity contribution is 7.90. The van der Waals surface area contributed by atoms with Gasteiger partial charge in [0.1, 0.15) is 10.9 Å². The first kappa shape index (κ1) is 30.6. The average molecular weight is 617 g/mol. The maximum Gasteiger partial charge on any atom is 0.269 e. The van der Waals surface area contributed by atoms with Crippen LogP contribution in [-0.4, -0.2) is 54.5 Å². The molecule has 1 N–H and O–H groups in total. The molecule has 1 atom stereocenters. The molecule has 0 unspecified atom stereocenters. The van der Waals surface area contributed by atoms with Crippen LogP contribution in [0, 0.1) is 0 Å². The van der Waals surface area contributed by atoms with E-state index in [1.54, 1.807) is 30.3 Å². The third-order valence-corrected chi connectivity index (χ3v) is 9.32. The van der Waals surface area contributed by atoms with Gasteiger partial charge in [-0.2, -0.15) is 0 Å². The molecular formula is C30H31Cl2N3O5S. The number of unbranched alkanes of at least 4 members (excludes halogenated alkanes) is 1. The van der Waals surface area contributed by atoms with Crippen LogP contribution in [0.4, 0.5) is 0 Å². The number of hydrogen-bond acceptors (Lipinski definition) is 5. The second-order valence-electron chi connectivity index (χ2n) is 9.74. The number of halogens is 2. The molecule has 216 valence electrons. The number of carbonyl (C=O) groups excluding carboxylic acids is 3. The molecule has 0 saturated carbocycles. The first-order valence-corrected chi connectivity index (χ1v) is 15.5. The minimum absolute atomic E-state index is 0.0194. The molecule has 0 aromatic heterocycles. The van der Waals surface area contributed by atoms with E-state index in [4.69, 9.17) is 23.2 Å². The third-order valence-electron chi connectivity index (χ3n) is 6.90. The van der Waals surface area contributed by atoms with Gasteiger partial charge in [0.05, 0.1) is 5.56 Å². The van der Waals surface area contributed by atoms with Crippen LogP contribution < -0.4 is 5.32 Å². The van der Waals surface area contributed by atoms with Gasteiger partial charge in [-0.3, -0.25) is 14.4 Å². The van der Waals surface area contributed by atoms with Gasteiger partial charge in [0, 0.05) is 42.5 Å². The lowest BCUT2D eigenvalue weighted by atomic mass is 10.0. The van der Waals surface area contributed by atoms with Gasteiger partial charge in [-0.1, -0.05) is 85.1 Å². The molecule has 3 aromatic carbocycles. The molecular weight excluding hydrogens is 585 g/mol. The standard InChI is InChI=1S/C30H31Cl2N3O5S/c1-2-3-16-33-29(37)26(18-21-9-5-4-6-10-21)34(20-22-13-14-23(31)19-25(22)32)28(36)15-17-35-30(38)24-11-7-8-12-27(24)41(35,39)40/h4-14,19,26H,2-3,15-18,20H2,1H3,(H,33,37)/t26-/m0/s1. The first-order valence-electron chi connectivity index (χ1n) is 13.3. The van der Waals surface area contributed by atoms with E-state index in [0.29, 0.717) is 22.2 Å². The van der Waals surface area contributed by atoms with Crippen molar-refractivity contribution >= 4 is 50.9 Å². The van der Waals surface area contributed by atoms with Gasteiger partial charge in [-0.05, 0) is 41.8 Å². The molecule has 1 aliphatic rings. The Morgan fingerprint density at radius 1 is 1.00 bits per heavy atom. The lowest BCUT2D eigenvalue weighted by Crippen LogP contribution is -2.51. The van der Waals surface area contributed by atoms with Crippen LogP contribution in [-0.2, 0) is 32.6 Å². The summed E-state index contributed by atoms with van der Waals surface area (Å²) in [4.78, 5) is 41.7. The summed E-state index contributed by atoms with van der Waals surface area (Å²) in [7, 11) is -4.09. The molecule has 3 amide bonds. The highest BCUT2D eigenvalue weighted by atomic mass is 35.5. The van der Waals surface area contributed by atoms with Gasteiger partial charge in [0.25, 0.3) is 15.9 Å². The molecule has 3 aromatic rings. The lowest BCUT2D eigenvalue weighted by molar-refractivity contribution is -0.141. The Bertz CT molecular complexity index is 1530. The Morgan fingerprint density at radius 3 is 2.39 bits per heavy atom. The zero-order valence-corrected chi connectivity index (χ0v) is 24.9. The van der Waals surface area contributed by atoms with E-state index in [0.717, 1.165) is 22.7 Å². The zero-order valence-electron chi connectivity index (χ0n) is 22.6. The topological polar surface area (TPSA) is 104 Å². The van der Waals surface area contributed by atoms with Crippen molar-refractivity contribution in [2.45, 2.75) is 50.1 Å².